The van der Waals surface area contributed by atoms with E-state index in [4.69, 9.17) is 9.47 Å². The lowest BCUT2D eigenvalue weighted by atomic mass is 9.45. The standard InChI is InChI=1S/C29H34O5/c1-5-21-20-12-19-15(2)18(17-8-6-16(14-30)7-9-17)13-22(19)33-24(20)25-26-28(3,27(32)34-25)11-10-23(31)29(21,26)4/h6-11,18,20-22,24-26,30H,5,12-14H2,1-4H3/t18-,20-,21-,22-,24-,25-,26-,28+,29-/m0/s1. The van der Waals surface area contributed by atoms with Gasteiger partial charge in [-0.3, -0.25) is 9.59 Å². The highest BCUT2D eigenvalue weighted by atomic mass is 16.6. The Bertz CT molecular complexity index is 1120. The van der Waals surface area contributed by atoms with Gasteiger partial charge in [-0.25, -0.2) is 0 Å². The van der Waals surface area contributed by atoms with Crippen LogP contribution in [0.3, 0.4) is 0 Å². The lowest BCUT2D eigenvalue weighted by Crippen LogP contribution is -2.64. The summed E-state index contributed by atoms with van der Waals surface area (Å²) in [7, 11) is 0. The Morgan fingerprint density at radius 3 is 2.53 bits per heavy atom. The number of ether oxygens (including phenoxy) is 2. The fourth-order valence-corrected chi connectivity index (χ4v) is 8.38. The number of carbonyl (C=O) groups excluding carboxylic acids is 2. The van der Waals surface area contributed by atoms with Crippen molar-refractivity contribution < 1.29 is 24.2 Å². The number of fused-ring (bicyclic) bond motifs is 3. The molecule has 2 aliphatic heterocycles. The van der Waals surface area contributed by atoms with Gasteiger partial charge in [-0.2, -0.15) is 0 Å². The largest absolute Gasteiger partial charge is 0.459 e. The predicted octanol–water partition coefficient (Wildman–Crippen LogP) is 4.49. The summed E-state index contributed by atoms with van der Waals surface area (Å²) in [6.07, 6.45) is 5.55. The minimum absolute atomic E-state index is 0.0195. The molecule has 3 aliphatic carbocycles. The second-order valence-electron chi connectivity index (χ2n) is 11.5. The molecule has 0 aromatic heterocycles. The van der Waals surface area contributed by atoms with Gasteiger partial charge in [0.1, 0.15) is 6.10 Å². The molecular formula is C29H34O5. The van der Waals surface area contributed by atoms with E-state index >= 15 is 0 Å². The minimum atomic E-state index is -0.770. The van der Waals surface area contributed by atoms with Crippen LogP contribution in [0.25, 0.3) is 0 Å². The highest BCUT2D eigenvalue weighted by Crippen LogP contribution is 2.65. The Morgan fingerprint density at radius 1 is 1.12 bits per heavy atom. The Hall–Kier alpha value is -2.24. The molecule has 5 heteroatoms. The zero-order valence-corrected chi connectivity index (χ0v) is 20.4. The van der Waals surface area contributed by atoms with Crippen LogP contribution >= 0.6 is 0 Å². The molecule has 0 unspecified atom stereocenters. The van der Waals surface area contributed by atoms with Crippen LogP contribution in [0.4, 0.5) is 0 Å². The Kier molecular flexibility index (Phi) is 4.83. The molecule has 1 aromatic carbocycles. The number of aliphatic hydroxyl groups excluding tert-OH is 1. The smallest absolute Gasteiger partial charge is 0.316 e. The molecule has 0 radical (unpaired) electrons. The number of hydrogen-bond acceptors (Lipinski definition) is 5. The van der Waals surface area contributed by atoms with Crippen LogP contribution in [-0.4, -0.2) is 35.2 Å². The number of esters is 1. The van der Waals surface area contributed by atoms with Crippen molar-refractivity contribution in [2.75, 3.05) is 0 Å². The number of carbonyl (C=O) groups is 2. The second-order valence-corrected chi connectivity index (χ2v) is 11.5. The van der Waals surface area contributed by atoms with Crippen molar-refractivity contribution in [3.63, 3.8) is 0 Å². The summed E-state index contributed by atoms with van der Waals surface area (Å²) in [5.74, 6) is 0.288. The normalized spacial score (nSPS) is 44.6. The summed E-state index contributed by atoms with van der Waals surface area (Å²) < 4.78 is 12.9. The molecule has 34 heavy (non-hydrogen) atoms. The third-order valence-electron chi connectivity index (χ3n) is 10.1. The molecule has 2 heterocycles. The van der Waals surface area contributed by atoms with E-state index in [-0.39, 0.29) is 60.3 Å². The Balaban J connectivity index is 1.39. The fourth-order valence-electron chi connectivity index (χ4n) is 8.38. The van der Waals surface area contributed by atoms with Crippen LogP contribution in [0.1, 0.15) is 64.0 Å². The van der Waals surface area contributed by atoms with E-state index < -0.39 is 10.8 Å². The topological polar surface area (TPSA) is 72.8 Å². The van der Waals surface area contributed by atoms with Crippen LogP contribution < -0.4 is 0 Å². The molecule has 6 rings (SSSR count). The number of hydrogen-bond donors (Lipinski definition) is 1. The number of rotatable bonds is 3. The monoisotopic (exact) mass is 462 g/mol. The molecule has 1 N–H and O–H groups in total. The summed E-state index contributed by atoms with van der Waals surface area (Å²) in [4.78, 5) is 26.5. The second kappa shape index (κ2) is 7.38. The molecule has 1 saturated carbocycles. The minimum Gasteiger partial charge on any atom is -0.459 e. The molecule has 1 aromatic rings. The lowest BCUT2D eigenvalue weighted by molar-refractivity contribution is -0.202. The van der Waals surface area contributed by atoms with E-state index in [2.05, 4.69) is 32.9 Å². The van der Waals surface area contributed by atoms with E-state index in [1.165, 1.54) is 16.7 Å². The average molecular weight is 463 g/mol. The third kappa shape index (κ3) is 2.68. The van der Waals surface area contributed by atoms with Crippen molar-refractivity contribution in [3.05, 3.63) is 58.7 Å². The first-order chi connectivity index (χ1) is 16.2. The number of ketones is 1. The molecule has 3 fully saturated rings. The number of aliphatic hydroxyl groups is 1. The maximum atomic E-state index is 13.4. The van der Waals surface area contributed by atoms with Crippen molar-refractivity contribution in [1.29, 1.82) is 0 Å². The number of allylic oxidation sites excluding steroid dienone is 2. The average Bonchev–Trinajstić information content (AvgIpc) is 3.30. The molecule has 0 bridgehead atoms. The molecule has 2 saturated heterocycles. The zero-order chi connectivity index (χ0) is 24.0. The molecule has 9 atom stereocenters. The molecule has 0 spiro atoms. The van der Waals surface area contributed by atoms with Crippen molar-refractivity contribution >= 4 is 11.8 Å². The van der Waals surface area contributed by atoms with Crippen LogP contribution in [0, 0.1) is 28.6 Å². The van der Waals surface area contributed by atoms with Gasteiger partial charge in [-0.1, -0.05) is 56.2 Å². The summed E-state index contributed by atoms with van der Waals surface area (Å²) >= 11 is 0. The highest BCUT2D eigenvalue weighted by Gasteiger charge is 2.72. The van der Waals surface area contributed by atoms with E-state index in [1.807, 2.05) is 19.1 Å². The van der Waals surface area contributed by atoms with E-state index in [0.717, 1.165) is 24.8 Å². The summed E-state index contributed by atoms with van der Waals surface area (Å²) in [6, 6.07) is 8.21. The van der Waals surface area contributed by atoms with Gasteiger partial charge in [0.25, 0.3) is 0 Å². The van der Waals surface area contributed by atoms with Crippen molar-refractivity contribution in [1.82, 2.24) is 0 Å². The Morgan fingerprint density at radius 2 is 1.85 bits per heavy atom. The maximum absolute atomic E-state index is 13.4. The first kappa shape index (κ1) is 22.2. The summed E-state index contributed by atoms with van der Waals surface area (Å²) in [6.45, 7) is 8.45. The van der Waals surface area contributed by atoms with Gasteiger partial charge in [0.05, 0.1) is 24.2 Å². The molecular weight excluding hydrogens is 428 g/mol. The van der Waals surface area contributed by atoms with E-state index in [1.54, 1.807) is 12.2 Å². The predicted molar refractivity (Wildman–Crippen MR) is 127 cm³/mol. The first-order valence-electron chi connectivity index (χ1n) is 12.7. The third-order valence-corrected chi connectivity index (χ3v) is 10.1. The molecule has 0 amide bonds. The van der Waals surface area contributed by atoms with Gasteiger partial charge in [0.2, 0.25) is 0 Å². The zero-order valence-electron chi connectivity index (χ0n) is 20.4. The highest BCUT2D eigenvalue weighted by molar-refractivity contribution is 6.00. The Labute approximate surface area is 201 Å². The first-order valence-corrected chi connectivity index (χ1v) is 12.7. The van der Waals surface area contributed by atoms with Gasteiger partial charge >= 0.3 is 5.97 Å². The van der Waals surface area contributed by atoms with Crippen molar-refractivity contribution in [2.45, 2.75) is 77.8 Å². The SMILES string of the molecule is CC[C@H]1[C@@H]2CC3=C(C)[C@@H](c4ccc(CO)cc4)C[C@@H]3O[C@@H]2[C@@H]2OC(=O)[C@]3(C)C=CC(=O)[C@@]1(C)[C@@H]23. The fraction of sp³-hybridized carbons (Fsp3) is 0.586. The van der Waals surface area contributed by atoms with Gasteiger partial charge in [-0.15, -0.1) is 0 Å². The molecule has 5 aliphatic rings. The van der Waals surface area contributed by atoms with E-state index in [9.17, 15) is 14.7 Å². The van der Waals surface area contributed by atoms with Crippen molar-refractivity contribution in [3.8, 4) is 0 Å². The van der Waals surface area contributed by atoms with Gasteiger partial charge < -0.3 is 14.6 Å². The van der Waals surface area contributed by atoms with Crippen LogP contribution in [0.2, 0.25) is 0 Å². The maximum Gasteiger partial charge on any atom is 0.316 e. The van der Waals surface area contributed by atoms with Gasteiger partial charge in [-0.05, 0) is 61.3 Å². The van der Waals surface area contributed by atoms with Gasteiger partial charge in [0, 0.05) is 17.3 Å². The van der Waals surface area contributed by atoms with Crippen LogP contribution in [0.15, 0.2) is 47.6 Å². The van der Waals surface area contributed by atoms with E-state index in [0.29, 0.717) is 0 Å². The van der Waals surface area contributed by atoms with Crippen LogP contribution in [-0.2, 0) is 25.7 Å². The lowest BCUT2D eigenvalue weighted by Gasteiger charge is -2.58. The molecule has 180 valence electrons. The molecule has 5 nitrogen and oxygen atoms in total. The van der Waals surface area contributed by atoms with Gasteiger partial charge in [0.15, 0.2) is 5.78 Å². The summed E-state index contributed by atoms with van der Waals surface area (Å²) in [5, 5.41) is 9.40. The number of benzene rings is 1. The quantitative estimate of drug-likeness (QED) is 0.529. The van der Waals surface area contributed by atoms with Crippen LogP contribution in [0.5, 0.6) is 0 Å². The summed E-state index contributed by atoms with van der Waals surface area (Å²) in [5.41, 5.74) is 3.49. The van der Waals surface area contributed by atoms with Crippen molar-refractivity contribution in [2.24, 2.45) is 28.6 Å².